The van der Waals surface area contributed by atoms with E-state index in [1.807, 2.05) is 0 Å². The van der Waals surface area contributed by atoms with E-state index in [0.717, 1.165) is 36.6 Å². The van der Waals surface area contributed by atoms with Crippen LogP contribution in [0, 0.1) is 10.1 Å². The number of hydrogen-bond acceptors (Lipinski definition) is 6. The molecular weight excluding hydrogens is 340 g/mol. The molecule has 2 aromatic rings. The number of anilines is 1. The third-order valence-electron chi connectivity index (χ3n) is 4.81. The molecule has 0 spiro atoms. The first kappa shape index (κ1) is 16.0. The van der Waals surface area contributed by atoms with Gasteiger partial charge in [-0.05, 0) is 24.6 Å². The van der Waals surface area contributed by atoms with Gasteiger partial charge in [-0.25, -0.2) is 0 Å². The van der Waals surface area contributed by atoms with Gasteiger partial charge in [0, 0.05) is 24.0 Å². The van der Waals surface area contributed by atoms with Crippen LogP contribution in [0.3, 0.4) is 0 Å². The molecule has 2 N–H and O–H groups in total. The fourth-order valence-corrected chi connectivity index (χ4v) is 4.81. The zero-order valence-electron chi connectivity index (χ0n) is 13.7. The molecule has 4 rings (SSSR count). The van der Waals surface area contributed by atoms with Gasteiger partial charge >= 0.3 is 0 Å². The van der Waals surface area contributed by atoms with Crippen molar-refractivity contribution in [3.8, 4) is 0 Å². The molecule has 0 fully saturated rings. The molecule has 25 heavy (non-hydrogen) atoms. The zero-order chi connectivity index (χ0) is 17.6. The number of thiophene rings is 1. The third-order valence-corrected chi connectivity index (χ3v) is 5.95. The number of nitro groups is 1. The number of amides is 1. The van der Waals surface area contributed by atoms with Gasteiger partial charge in [-0.2, -0.15) is 0 Å². The highest BCUT2D eigenvalue weighted by Gasteiger charge is 2.34. The van der Waals surface area contributed by atoms with Crippen molar-refractivity contribution in [3.05, 3.63) is 55.9 Å². The Balaban J connectivity index is 1.70. The number of nitrogens with one attached hydrogen (secondary N) is 2. The first-order chi connectivity index (χ1) is 12.1. The molecule has 1 amide bonds. The van der Waals surface area contributed by atoms with E-state index >= 15 is 0 Å². The fourth-order valence-electron chi connectivity index (χ4n) is 3.49. The smallest absolute Gasteiger partial charge is 0.276 e. The molecule has 130 valence electrons. The number of fused-ring (bicyclic) bond motifs is 3. The van der Waals surface area contributed by atoms with Gasteiger partial charge in [-0.1, -0.05) is 19.1 Å². The van der Waals surface area contributed by atoms with Crippen LogP contribution in [-0.2, 0) is 13.0 Å². The van der Waals surface area contributed by atoms with E-state index < -0.39 is 11.1 Å². The first-order valence-electron chi connectivity index (χ1n) is 8.26. The molecule has 2 aliphatic rings. The Hall–Kier alpha value is -2.45. The molecule has 8 heteroatoms. The highest BCUT2D eigenvalue weighted by atomic mass is 32.1. The fraction of sp³-hybridized carbons (Fsp3) is 0.353. The maximum atomic E-state index is 12.7. The second-order valence-electron chi connectivity index (χ2n) is 6.19. The minimum absolute atomic E-state index is 0.00206. The number of para-hydroxylation sites is 1. The van der Waals surface area contributed by atoms with Gasteiger partial charge < -0.3 is 10.6 Å². The lowest BCUT2D eigenvalue weighted by Crippen LogP contribution is -2.39. The standard InChI is InChI=1S/C17H18N4O3S/c1-2-20-8-7-11-13(9-20)25-17-14(11)16(22)18-15(19-17)10-5-3-4-6-12(10)21(23)24/h3-6,15,19H,2,7-9H2,1H3,(H,18,22)/t15-/m0/s1. The Morgan fingerprint density at radius 2 is 2.16 bits per heavy atom. The van der Waals surface area contributed by atoms with Crippen molar-refractivity contribution in [2.75, 3.05) is 18.4 Å². The van der Waals surface area contributed by atoms with E-state index in [9.17, 15) is 14.9 Å². The number of carbonyl (C=O) groups excluding carboxylic acids is 1. The SMILES string of the molecule is CCN1CCc2c(sc3c2C(=O)N[C@H](c2ccccc2[N+](=O)[O-])N3)C1. The van der Waals surface area contributed by atoms with Crippen LogP contribution in [0.15, 0.2) is 24.3 Å². The van der Waals surface area contributed by atoms with Crippen LogP contribution in [0.4, 0.5) is 10.7 Å². The molecule has 7 nitrogen and oxygen atoms in total. The van der Waals surface area contributed by atoms with Gasteiger partial charge in [0.15, 0.2) is 0 Å². The molecule has 0 radical (unpaired) electrons. The van der Waals surface area contributed by atoms with Gasteiger partial charge in [0.25, 0.3) is 11.6 Å². The number of nitro benzene ring substituents is 1. The number of likely N-dealkylation sites (N-methyl/N-ethyl adjacent to an activating group) is 1. The molecule has 2 aliphatic heterocycles. The number of hydrogen-bond donors (Lipinski definition) is 2. The van der Waals surface area contributed by atoms with Gasteiger partial charge in [0.2, 0.25) is 0 Å². The monoisotopic (exact) mass is 358 g/mol. The second-order valence-corrected chi connectivity index (χ2v) is 7.30. The van der Waals surface area contributed by atoms with Crippen molar-refractivity contribution < 1.29 is 9.72 Å². The molecule has 0 bridgehead atoms. The van der Waals surface area contributed by atoms with Crippen molar-refractivity contribution in [2.45, 2.75) is 26.1 Å². The molecule has 0 saturated heterocycles. The molecule has 1 atom stereocenters. The quantitative estimate of drug-likeness (QED) is 0.651. The van der Waals surface area contributed by atoms with Crippen LogP contribution in [0.25, 0.3) is 0 Å². The van der Waals surface area contributed by atoms with E-state index in [4.69, 9.17) is 0 Å². The van der Waals surface area contributed by atoms with E-state index in [0.29, 0.717) is 11.1 Å². The highest BCUT2D eigenvalue weighted by molar-refractivity contribution is 7.16. The summed E-state index contributed by atoms with van der Waals surface area (Å²) in [5.41, 5.74) is 2.30. The van der Waals surface area contributed by atoms with Crippen LogP contribution in [0.2, 0.25) is 0 Å². The van der Waals surface area contributed by atoms with Crippen molar-refractivity contribution in [2.24, 2.45) is 0 Å². The van der Waals surface area contributed by atoms with Gasteiger partial charge in [0.1, 0.15) is 11.2 Å². The topological polar surface area (TPSA) is 87.5 Å². The summed E-state index contributed by atoms with van der Waals surface area (Å²) in [6.45, 7) is 4.93. The Morgan fingerprint density at radius 1 is 1.36 bits per heavy atom. The minimum Gasteiger partial charge on any atom is -0.352 e. The summed E-state index contributed by atoms with van der Waals surface area (Å²) in [7, 11) is 0. The molecule has 0 saturated carbocycles. The second kappa shape index (κ2) is 6.12. The number of rotatable bonds is 3. The Labute approximate surface area is 148 Å². The van der Waals surface area contributed by atoms with Crippen LogP contribution < -0.4 is 10.6 Å². The summed E-state index contributed by atoms with van der Waals surface area (Å²) in [5.74, 6) is -0.153. The molecule has 1 aromatic carbocycles. The van der Waals surface area contributed by atoms with E-state index in [1.54, 1.807) is 29.5 Å². The third kappa shape index (κ3) is 2.67. The van der Waals surface area contributed by atoms with E-state index in [2.05, 4.69) is 22.5 Å². The normalized spacial score (nSPS) is 19.6. The van der Waals surface area contributed by atoms with Crippen LogP contribution in [0.5, 0.6) is 0 Å². The highest BCUT2D eigenvalue weighted by Crippen LogP contribution is 2.41. The average Bonchev–Trinajstić information content (AvgIpc) is 2.99. The maximum absolute atomic E-state index is 12.7. The van der Waals surface area contributed by atoms with Gasteiger partial charge in [-0.15, -0.1) is 11.3 Å². The summed E-state index contributed by atoms with van der Waals surface area (Å²) < 4.78 is 0. The Morgan fingerprint density at radius 3 is 2.92 bits per heavy atom. The van der Waals surface area contributed by atoms with Crippen LogP contribution >= 0.6 is 11.3 Å². The number of carbonyl (C=O) groups is 1. The van der Waals surface area contributed by atoms with Crippen molar-refractivity contribution in [1.82, 2.24) is 10.2 Å². The summed E-state index contributed by atoms with van der Waals surface area (Å²) in [4.78, 5) is 27.1. The Bertz CT molecular complexity index is 864. The minimum atomic E-state index is -0.594. The average molecular weight is 358 g/mol. The van der Waals surface area contributed by atoms with Crippen LogP contribution in [-0.4, -0.2) is 28.8 Å². The van der Waals surface area contributed by atoms with E-state index in [1.165, 1.54) is 10.9 Å². The Kier molecular flexibility index (Phi) is 3.93. The maximum Gasteiger partial charge on any atom is 0.276 e. The predicted octanol–water partition coefficient (Wildman–Crippen LogP) is 2.89. The zero-order valence-corrected chi connectivity index (χ0v) is 14.6. The largest absolute Gasteiger partial charge is 0.352 e. The summed E-state index contributed by atoms with van der Waals surface area (Å²) in [5, 5.41) is 18.3. The van der Waals surface area contributed by atoms with Gasteiger partial charge in [-0.3, -0.25) is 19.8 Å². The molecule has 0 aliphatic carbocycles. The van der Waals surface area contributed by atoms with Crippen molar-refractivity contribution in [3.63, 3.8) is 0 Å². The lowest BCUT2D eigenvalue weighted by molar-refractivity contribution is -0.385. The molecule has 3 heterocycles. The summed E-state index contributed by atoms with van der Waals surface area (Å²) in [6.07, 6.45) is 0.268. The van der Waals surface area contributed by atoms with Crippen LogP contribution in [0.1, 0.15) is 39.5 Å². The lowest BCUT2D eigenvalue weighted by Gasteiger charge is -2.27. The predicted molar refractivity (Wildman–Crippen MR) is 95.9 cm³/mol. The molecular formula is C17H18N4O3S. The summed E-state index contributed by atoms with van der Waals surface area (Å²) >= 11 is 1.59. The molecule has 1 aromatic heterocycles. The van der Waals surface area contributed by atoms with Crippen molar-refractivity contribution in [1.29, 1.82) is 0 Å². The number of benzene rings is 1. The summed E-state index contributed by atoms with van der Waals surface area (Å²) in [6, 6.07) is 6.50. The van der Waals surface area contributed by atoms with Crippen molar-refractivity contribution >= 4 is 27.9 Å². The van der Waals surface area contributed by atoms with Gasteiger partial charge in [0.05, 0.1) is 16.1 Å². The van der Waals surface area contributed by atoms with E-state index in [-0.39, 0.29) is 11.6 Å². The lowest BCUT2D eigenvalue weighted by atomic mass is 10.00. The molecule has 0 unspecified atom stereocenters. The number of nitrogens with zero attached hydrogens (tertiary/aromatic N) is 2. The first-order valence-corrected chi connectivity index (χ1v) is 9.07.